The van der Waals surface area contributed by atoms with Crippen LogP contribution >= 0.6 is 22.6 Å². The fourth-order valence-corrected chi connectivity index (χ4v) is 2.15. The van der Waals surface area contributed by atoms with Crippen LogP contribution in [0.1, 0.15) is 59.3 Å². The van der Waals surface area contributed by atoms with E-state index in [1.165, 1.54) is 0 Å². The molecule has 1 atom stereocenters. The second kappa shape index (κ2) is 5.87. The first-order valence-corrected chi connectivity index (χ1v) is 7.53. The molecule has 0 aliphatic heterocycles. The summed E-state index contributed by atoms with van der Waals surface area (Å²) >= 11 is 2.15. The number of hydrogen-bond acceptors (Lipinski definition) is 3. The smallest absolute Gasteiger partial charge is 0.322 e. The van der Waals surface area contributed by atoms with E-state index in [1.54, 1.807) is 0 Å². The van der Waals surface area contributed by atoms with Gasteiger partial charge in [0.2, 0.25) is 0 Å². The van der Waals surface area contributed by atoms with Crippen LogP contribution < -0.4 is 0 Å². The third-order valence-corrected chi connectivity index (χ3v) is 5.09. The molecule has 0 aromatic carbocycles. The summed E-state index contributed by atoms with van der Waals surface area (Å²) in [5.41, 5.74) is -0.526. The maximum atomic E-state index is 11.9. The van der Waals surface area contributed by atoms with Crippen molar-refractivity contribution in [2.75, 3.05) is 0 Å². The van der Waals surface area contributed by atoms with Gasteiger partial charge in [0, 0.05) is 0 Å². The molecule has 0 amide bonds. The molecular formula is C13H23IO3. The van der Waals surface area contributed by atoms with E-state index in [2.05, 4.69) is 22.6 Å². The van der Waals surface area contributed by atoms with Crippen molar-refractivity contribution in [2.45, 2.75) is 74.4 Å². The molecule has 4 heteroatoms. The molecule has 1 fully saturated rings. The maximum absolute atomic E-state index is 11.9. The van der Waals surface area contributed by atoms with Crippen LogP contribution in [-0.2, 0) is 9.53 Å². The zero-order valence-electron chi connectivity index (χ0n) is 11.0. The van der Waals surface area contributed by atoms with Gasteiger partial charge in [-0.15, -0.1) is 0 Å². The van der Waals surface area contributed by atoms with Gasteiger partial charge in [0.15, 0.2) is 0 Å². The van der Waals surface area contributed by atoms with E-state index in [0.717, 1.165) is 38.5 Å². The molecule has 0 radical (unpaired) electrons. The second-order valence-corrected chi connectivity index (χ2v) is 7.61. The molecule has 0 heterocycles. The molecule has 1 saturated carbocycles. The number of aliphatic hydroxyl groups is 1. The number of halogens is 1. The lowest BCUT2D eigenvalue weighted by Crippen LogP contribution is -2.39. The standard InChI is InChI=1S/C13H23IO3/c1-4-12(3,14)11(15)17-10-6-8-13(16,5-2)9-7-10/h10,16H,4-9H2,1-3H3. The molecule has 0 saturated heterocycles. The highest BCUT2D eigenvalue weighted by atomic mass is 127. The topological polar surface area (TPSA) is 46.5 Å². The average Bonchev–Trinajstić information content (AvgIpc) is 2.32. The third-order valence-electron chi connectivity index (χ3n) is 3.88. The van der Waals surface area contributed by atoms with Gasteiger partial charge in [0.25, 0.3) is 0 Å². The van der Waals surface area contributed by atoms with Crippen molar-refractivity contribution in [3.63, 3.8) is 0 Å². The summed E-state index contributed by atoms with van der Waals surface area (Å²) in [6, 6.07) is 0. The second-order valence-electron chi connectivity index (χ2n) is 5.23. The summed E-state index contributed by atoms with van der Waals surface area (Å²) < 4.78 is 5.11. The van der Waals surface area contributed by atoms with Gasteiger partial charge >= 0.3 is 5.97 Å². The molecule has 1 aliphatic carbocycles. The SMILES string of the molecule is CCC1(O)CCC(OC(=O)C(C)(I)CC)CC1. The highest BCUT2D eigenvalue weighted by molar-refractivity contribution is 14.1. The van der Waals surface area contributed by atoms with Gasteiger partial charge in [-0.25, -0.2) is 0 Å². The average molecular weight is 354 g/mol. The van der Waals surface area contributed by atoms with Gasteiger partial charge in [-0.3, -0.25) is 4.79 Å². The Morgan fingerprint density at radius 3 is 2.41 bits per heavy atom. The number of ether oxygens (including phenoxy) is 1. The van der Waals surface area contributed by atoms with Crippen molar-refractivity contribution in [1.82, 2.24) is 0 Å². The molecule has 0 aromatic rings. The van der Waals surface area contributed by atoms with Crippen molar-refractivity contribution in [1.29, 1.82) is 0 Å². The highest BCUT2D eigenvalue weighted by Gasteiger charge is 2.36. The Kier molecular flexibility index (Phi) is 5.25. The number of hydrogen-bond donors (Lipinski definition) is 1. The Morgan fingerprint density at radius 2 is 2.00 bits per heavy atom. The predicted octanol–water partition coefficient (Wildman–Crippen LogP) is 3.22. The maximum Gasteiger partial charge on any atom is 0.322 e. The number of carbonyl (C=O) groups is 1. The molecule has 1 unspecified atom stereocenters. The van der Waals surface area contributed by atoms with Crippen LogP contribution in [0.5, 0.6) is 0 Å². The molecular weight excluding hydrogens is 331 g/mol. The molecule has 1 rings (SSSR count). The third kappa shape index (κ3) is 4.09. The summed E-state index contributed by atoms with van der Waals surface area (Å²) in [7, 11) is 0. The van der Waals surface area contributed by atoms with E-state index in [1.807, 2.05) is 20.8 Å². The Hall–Kier alpha value is 0.160. The van der Waals surface area contributed by atoms with Crippen molar-refractivity contribution >= 4 is 28.6 Å². The van der Waals surface area contributed by atoms with Crippen molar-refractivity contribution < 1.29 is 14.6 Å². The van der Waals surface area contributed by atoms with E-state index < -0.39 is 9.02 Å². The first-order valence-electron chi connectivity index (χ1n) is 6.45. The van der Waals surface area contributed by atoms with Crippen LogP contribution in [0.15, 0.2) is 0 Å². The fourth-order valence-electron chi connectivity index (χ4n) is 2.02. The first-order chi connectivity index (χ1) is 7.83. The van der Waals surface area contributed by atoms with Gasteiger partial charge in [0.1, 0.15) is 9.53 Å². The van der Waals surface area contributed by atoms with Crippen molar-refractivity contribution in [2.24, 2.45) is 0 Å². The Labute approximate surface area is 117 Å². The van der Waals surface area contributed by atoms with Crippen LogP contribution in [-0.4, -0.2) is 26.2 Å². The molecule has 17 heavy (non-hydrogen) atoms. The van der Waals surface area contributed by atoms with Gasteiger partial charge < -0.3 is 9.84 Å². The van der Waals surface area contributed by atoms with E-state index in [-0.39, 0.29) is 12.1 Å². The van der Waals surface area contributed by atoms with Gasteiger partial charge in [-0.2, -0.15) is 0 Å². The van der Waals surface area contributed by atoms with Crippen LogP contribution in [0, 0.1) is 0 Å². The van der Waals surface area contributed by atoms with Crippen molar-refractivity contribution in [3.8, 4) is 0 Å². The van der Waals surface area contributed by atoms with Crippen LogP contribution in [0.3, 0.4) is 0 Å². The number of esters is 1. The Bertz CT molecular complexity index is 268. The minimum absolute atomic E-state index is 0.00466. The number of carbonyl (C=O) groups excluding carboxylic acids is 1. The normalized spacial score (nSPS) is 32.9. The van der Waals surface area contributed by atoms with Crippen LogP contribution in [0.2, 0.25) is 0 Å². The van der Waals surface area contributed by atoms with Crippen LogP contribution in [0.4, 0.5) is 0 Å². The molecule has 3 nitrogen and oxygen atoms in total. The minimum Gasteiger partial charge on any atom is -0.461 e. The Morgan fingerprint density at radius 1 is 1.47 bits per heavy atom. The largest absolute Gasteiger partial charge is 0.461 e. The van der Waals surface area contributed by atoms with E-state index in [0.29, 0.717) is 0 Å². The molecule has 0 spiro atoms. The lowest BCUT2D eigenvalue weighted by Gasteiger charge is -2.35. The van der Waals surface area contributed by atoms with Crippen LogP contribution in [0.25, 0.3) is 0 Å². The lowest BCUT2D eigenvalue weighted by atomic mass is 9.81. The summed E-state index contributed by atoms with van der Waals surface area (Å²) in [4.78, 5) is 11.9. The first kappa shape index (κ1) is 15.2. The summed E-state index contributed by atoms with van der Waals surface area (Å²) in [6.45, 7) is 5.90. The van der Waals surface area contributed by atoms with Gasteiger partial charge in [-0.1, -0.05) is 36.4 Å². The molecule has 100 valence electrons. The van der Waals surface area contributed by atoms with E-state index in [9.17, 15) is 9.90 Å². The lowest BCUT2D eigenvalue weighted by molar-refractivity contribution is -0.155. The molecule has 0 bridgehead atoms. The number of alkyl halides is 1. The van der Waals surface area contributed by atoms with Gasteiger partial charge in [-0.05, 0) is 45.4 Å². The summed E-state index contributed by atoms with van der Waals surface area (Å²) in [5, 5.41) is 10.1. The molecule has 1 N–H and O–H groups in total. The monoisotopic (exact) mass is 354 g/mol. The fraction of sp³-hybridized carbons (Fsp3) is 0.923. The number of rotatable bonds is 4. The predicted molar refractivity (Wildman–Crippen MR) is 76.3 cm³/mol. The zero-order valence-corrected chi connectivity index (χ0v) is 13.1. The Balaban J connectivity index is 2.44. The minimum atomic E-state index is -0.526. The van der Waals surface area contributed by atoms with E-state index in [4.69, 9.17) is 4.74 Å². The van der Waals surface area contributed by atoms with Crippen molar-refractivity contribution in [3.05, 3.63) is 0 Å². The summed E-state index contributed by atoms with van der Waals surface area (Å²) in [5.74, 6) is -0.118. The van der Waals surface area contributed by atoms with Gasteiger partial charge in [0.05, 0.1) is 5.60 Å². The highest BCUT2D eigenvalue weighted by Crippen LogP contribution is 2.33. The quantitative estimate of drug-likeness (QED) is 0.479. The zero-order chi connectivity index (χ0) is 13.1. The van der Waals surface area contributed by atoms with E-state index >= 15 is 0 Å². The molecule has 0 aromatic heterocycles. The summed E-state index contributed by atoms with van der Waals surface area (Å²) in [6.07, 6.45) is 4.61. The molecule has 1 aliphatic rings.